The third-order valence-corrected chi connectivity index (χ3v) is 3.28. The summed E-state index contributed by atoms with van der Waals surface area (Å²) in [5.74, 6) is -0.970. The average molecular weight is 182 g/mol. The van der Waals surface area contributed by atoms with E-state index in [1.54, 1.807) is 0 Å². The summed E-state index contributed by atoms with van der Waals surface area (Å²) < 4.78 is 0. The van der Waals surface area contributed by atoms with Crippen molar-refractivity contribution in [3.05, 3.63) is 11.1 Å². The van der Waals surface area contributed by atoms with Gasteiger partial charge in [0.2, 0.25) is 0 Å². The first-order valence-corrected chi connectivity index (χ1v) is 4.75. The lowest BCUT2D eigenvalue weighted by atomic mass is 9.67. The van der Waals surface area contributed by atoms with Gasteiger partial charge in [0.15, 0.2) is 0 Å². The number of allylic oxidation sites excluding steroid dienone is 1. The van der Waals surface area contributed by atoms with Gasteiger partial charge in [0.1, 0.15) is 0 Å². The zero-order valence-corrected chi connectivity index (χ0v) is 8.85. The maximum absolute atomic E-state index is 11.1. The van der Waals surface area contributed by atoms with E-state index in [-0.39, 0.29) is 11.3 Å². The van der Waals surface area contributed by atoms with E-state index < -0.39 is 5.97 Å². The molecule has 0 amide bonds. The molecule has 2 nitrogen and oxygen atoms in total. The number of carboxylic acid groups (broad SMARTS) is 1. The molecule has 0 bridgehead atoms. The molecule has 0 saturated carbocycles. The second kappa shape index (κ2) is 3.17. The Hall–Kier alpha value is -0.790. The van der Waals surface area contributed by atoms with Gasteiger partial charge >= 0.3 is 5.97 Å². The Morgan fingerprint density at radius 2 is 2.00 bits per heavy atom. The molecular formula is C11H18O2. The molecule has 74 valence electrons. The molecule has 0 fully saturated rings. The number of aliphatic carboxylic acids is 1. The maximum Gasteiger partial charge on any atom is 0.311 e. The Morgan fingerprint density at radius 1 is 1.46 bits per heavy atom. The first-order valence-electron chi connectivity index (χ1n) is 4.75. The van der Waals surface area contributed by atoms with Crippen molar-refractivity contribution in [3.8, 4) is 0 Å². The molecule has 1 N–H and O–H groups in total. The summed E-state index contributed by atoms with van der Waals surface area (Å²) in [6, 6.07) is 0. The second-order valence-corrected chi connectivity index (χ2v) is 4.72. The van der Waals surface area contributed by atoms with Crippen LogP contribution in [0.4, 0.5) is 0 Å². The molecule has 0 aliphatic heterocycles. The van der Waals surface area contributed by atoms with E-state index in [1.807, 2.05) is 27.7 Å². The van der Waals surface area contributed by atoms with E-state index in [0.717, 1.165) is 18.4 Å². The summed E-state index contributed by atoms with van der Waals surface area (Å²) in [6.07, 6.45) is 2.02. The molecule has 13 heavy (non-hydrogen) atoms. The molecular weight excluding hydrogens is 164 g/mol. The molecule has 1 atom stereocenters. The number of hydrogen-bond acceptors (Lipinski definition) is 1. The van der Waals surface area contributed by atoms with Gasteiger partial charge in [-0.15, -0.1) is 0 Å². The molecule has 0 saturated heterocycles. The third kappa shape index (κ3) is 1.77. The van der Waals surface area contributed by atoms with Crippen LogP contribution < -0.4 is 0 Å². The molecule has 0 aromatic carbocycles. The topological polar surface area (TPSA) is 37.3 Å². The first kappa shape index (κ1) is 10.3. The van der Waals surface area contributed by atoms with Crippen LogP contribution in [0, 0.1) is 11.3 Å². The van der Waals surface area contributed by atoms with Crippen LogP contribution in [0.5, 0.6) is 0 Å². The minimum Gasteiger partial charge on any atom is -0.481 e. The summed E-state index contributed by atoms with van der Waals surface area (Å²) in [6.45, 7) is 8.08. The highest BCUT2D eigenvalue weighted by molar-refractivity contribution is 5.75. The molecule has 0 aromatic heterocycles. The van der Waals surface area contributed by atoms with Crippen LogP contribution in [-0.2, 0) is 4.79 Å². The molecule has 1 aliphatic rings. The SMILES string of the molecule is CC1=C(C)C(C(=O)O)C(C)(C)CC1. The molecule has 1 rings (SSSR count). The van der Waals surface area contributed by atoms with Crippen molar-refractivity contribution >= 4 is 5.97 Å². The lowest BCUT2D eigenvalue weighted by Crippen LogP contribution is -2.35. The Balaban J connectivity index is 3.09. The van der Waals surface area contributed by atoms with Crippen molar-refractivity contribution < 1.29 is 9.90 Å². The number of carbonyl (C=O) groups is 1. The Morgan fingerprint density at radius 3 is 2.38 bits per heavy atom. The largest absolute Gasteiger partial charge is 0.481 e. The predicted octanol–water partition coefficient (Wildman–Crippen LogP) is 2.84. The summed E-state index contributed by atoms with van der Waals surface area (Å²) in [5, 5.41) is 9.13. The second-order valence-electron chi connectivity index (χ2n) is 4.72. The van der Waals surface area contributed by atoms with Crippen molar-refractivity contribution in [2.45, 2.75) is 40.5 Å². The first-order chi connectivity index (χ1) is 5.86. The normalized spacial score (nSPS) is 27.5. The van der Waals surface area contributed by atoms with Gasteiger partial charge in [-0.05, 0) is 32.1 Å². The zero-order chi connectivity index (χ0) is 10.2. The van der Waals surface area contributed by atoms with E-state index in [1.165, 1.54) is 5.57 Å². The van der Waals surface area contributed by atoms with Crippen molar-refractivity contribution in [2.24, 2.45) is 11.3 Å². The van der Waals surface area contributed by atoms with Crippen molar-refractivity contribution in [3.63, 3.8) is 0 Å². The lowest BCUT2D eigenvalue weighted by Gasteiger charge is -2.37. The predicted molar refractivity (Wildman–Crippen MR) is 52.5 cm³/mol. The lowest BCUT2D eigenvalue weighted by molar-refractivity contribution is -0.144. The number of hydrogen-bond donors (Lipinski definition) is 1. The molecule has 0 spiro atoms. The van der Waals surface area contributed by atoms with Crippen LogP contribution in [0.3, 0.4) is 0 Å². The van der Waals surface area contributed by atoms with E-state index in [9.17, 15) is 4.79 Å². The number of carboxylic acids is 1. The highest BCUT2D eigenvalue weighted by atomic mass is 16.4. The van der Waals surface area contributed by atoms with Crippen LogP contribution in [0.25, 0.3) is 0 Å². The third-order valence-electron chi connectivity index (χ3n) is 3.28. The van der Waals surface area contributed by atoms with Crippen LogP contribution in [-0.4, -0.2) is 11.1 Å². The van der Waals surface area contributed by atoms with Gasteiger partial charge in [-0.2, -0.15) is 0 Å². The van der Waals surface area contributed by atoms with Crippen molar-refractivity contribution in [1.82, 2.24) is 0 Å². The summed E-state index contributed by atoms with van der Waals surface area (Å²) in [4.78, 5) is 11.1. The van der Waals surface area contributed by atoms with E-state index in [0.29, 0.717) is 0 Å². The fourth-order valence-corrected chi connectivity index (χ4v) is 2.20. The maximum atomic E-state index is 11.1. The van der Waals surface area contributed by atoms with Gasteiger partial charge in [0.25, 0.3) is 0 Å². The highest BCUT2D eigenvalue weighted by Crippen LogP contribution is 2.43. The van der Waals surface area contributed by atoms with Gasteiger partial charge in [-0.1, -0.05) is 25.0 Å². The van der Waals surface area contributed by atoms with Crippen molar-refractivity contribution in [2.75, 3.05) is 0 Å². The smallest absolute Gasteiger partial charge is 0.311 e. The fraction of sp³-hybridized carbons (Fsp3) is 0.727. The van der Waals surface area contributed by atoms with Gasteiger partial charge in [-0.25, -0.2) is 0 Å². The Labute approximate surface area is 79.6 Å². The van der Waals surface area contributed by atoms with E-state index in [4.69, 9.17) is 5.11 Å². The summed E-state index contributed by atoms with van der Waals surface area (Å²) in [5.41, 5.74) is 2.23. The van der Waals surface area contributed by atoms with Gasteiger partial charge in [0, 0.05) is 0 Å². The van der Waals surface area contributed by atoms with Crippen LogP contribution in [0.2, 0.25) is 0 Å². The Bertz CT molecular complexity index is 261. The van der Waals surface area contributed by atoms with Gasteiger partial charge < -0.3 is 5.11 Å². The molecule has 2 heteroatoms. The summed E-state index contributed by atoms with van der Waals surface area (Å²) >= 11 is 0. The van der Waals surface area contributed by atoms with Gasteiger partial charge in [-0.3, -0.25) is 4.79 Å². The minimum atomic E-state index is -0.679. The van der Waals surface area contributed by atoms with Crippen LogP contribution >= 0.6 is 0 Å². The summed E-state index contributed by atoms with van der Waals surface area (Å²) in [7, 11) is 0. The molecule has 1 aliphatic carbocycles. The van der Waals surface area contributed by atoms with Crippen LogP contribution in [0.15, 0.2) is 11.1 Å². The molecule has 0 radical (unpaired) electrons. The van der Waals surface area contributed by atoms with Gasteiger partial charge in [0.05, 0.1) is 5.92 Å². The molecule has 0 heterocycles. The monoisotopic (exact) mass is 182 g/mol. The Kier molecular flexibility index (Phi) is 2.51. The highest BCUT2D eigenvalue weighted by Gasteiger charge is 2.39. The molecule has 1 unspecified atom stereocenters. The zero-order valence-electron chi connectivity index (χ0n) is 8.85. The fourth-order valence-electron chi connectivity index (χ4n) is 2.20. The van der Waals surface area contributed by atoms with E-state index in [2.05, 4.69) is 0 Å². The average Bonchev–Trinajstić information content (AvgIpc) is 1.96. The minimum absolute atomic E-state index is 0.0879. The molecule has 0 aromatic rings. The number of rotatable bonds is 1. The van der Waals surface area contributed by atoms with E-state index >= 15 is 0 Å². The quantitative estimate of drug-likeness (QED) is 0.633. The van der Waals surface area contributed by atoms with Crippen molar-refractivity contribution in [1.29, 1.82) is 0 Å². The van der Waals surface area contributed by atoms with Crippen LogP contribution in [0.1, 0.15) is 40.5 Å². The standard InChI is InChI=1S/C11H18O2/c1-7-5-6-11(3,4)9(8(7)2)10(12)13/h9H,5-6H2,1-4H3,(H,12,13).